The van der Waals surface area contributed by atoms with Crippen molar-refractivity contribution >= 4 is 0 Å². The first-order valence-electron chi connectivity index (χ1n) is 4.36. The lowest BCUT2D eigenvalue weighted by Crippen LogP contribution is -1.97. The van der Waals surface area contributed by atoms with E-state index in [1.807, 2.05) is 0 Å². The number of aliphatic hydroxyl groups excluding tert-OH is 1. The molecule has 1 N–H and O–H groups in total. The van der Waals surface area contributed by atoms with Crippen LogP contribution in [-0.2, 0) is 0 Å². The van der Waals surface area contributed by atoms with Crippen molar-refractivity contribution in [1.29, 1.82) is 0 Å². The molecule has 0 unspecified atom stereocenters. The van der Waals surface area contributed by atoms with Gasteiger partial charge in [-0.3, -0.25) is 0 Å². The summed E-state index contributed by atoms with van der Waals surface area (Å²) in [5.74, 6) is 5.93. The second kappa shape index (κ2) is 5.83. The van der Waals surface area contributed by atoms with E-state index in [2.05, 4.69) is 21.8 Å². The molecule has 0 aliphatic heterocycles. The molecule has 0 saturated heterocycles. The smallest absolute Gasteiger partial charge is 0.319 e. The van der Waals surface area contributed by atoms with Crippen molar-refractivity contribution in [3.63, 3.8) is 0 Å². The van der Waals surface area contributed by atoms with Gasteiger partial charge in [0.1, 0.15) is 5.56 Å². The summed E-state index contributed by atoms with van der Waals surface area (Å²) in [7, 11) is 2.98. The summed E-state index contributed by atoms with van der Waals surface area (Å²) >= 11 is 0. The summed E-state index contributed by atoms with van der Waals surface area (Å²) in [5, 5.41) is 8.57. The summed E-state index contributed by atoms with van der Waals surface area (Å²) < 4.78 is 9.87. The molecule has 15 heavy (non-hydrogen) atoms. The first-order chi connectivity index (χ1) is 7.31. The van der Waals surface area contributed by atoms with Gasteiger partial charge in [0.25, 0.3) is 0 Å². The van der Waals surface area contributed by atoms with Gasteiger partial charge >= 0.3 is 6.01 Å². The number of aromatic nitrogens is 2. The summed E-state index contributed by atoms with van der Waals surface area (Å²) in [6.45, 7) is 0.0341. The molecule has 0 saturated carbocycles. The Bertz CT molecular complexity index is 382. The number of ether oxygens (including phenoxy) is 2. The van der Waals surface area contributed by atoms with Gasteiger partial charge in [-0.2, -0.15) is 4.98 Å². The third-order valence-electron chi connectivity index (χ3n) is 1.57. The van der Waals surface area contributed by atoms with E-state index >= 15 is 0 Å². The largest absolute Gasteiger partial charge is 0.480 e. The van der Waals surface area contributed by atoms with Crippen molar-refractivity contribution in [1.82, 2.24) is 9.97 Å². The van der Waals surface area contributed by atoms with Gasteiger partial charge in [-0.1, -0.05) is 11.8 Å². The van der Waals surface area contributed by atoms with Gasteiger partial charge < -0.3 is 14.6 Å². The van der Waals surface area contributed by atoms with E-state index in [1.165, 1.54) is 20.4 Å². The number of hydrogen-bond donors (Lipinski definition) is 1. The Morgan fingerprint density at radius 3 is 2.80 bits per heavy atom. The third-order valence-corrected chi connectivity index (χ3v) is 1.57. The van der Waals surface area contributed by atoms with E-state index in [4.69, 9.17) is 14.6 Å². The van der Waals surface area contributed by atoms with Crippen molar-refractivity contribution in [2.75, 3.05) is 20.8 Å². The lowest BCUT2D eigenvalue weighted by molar-refractivity contribution is 0.305. The van der Waals surface area contributed by atoms with Crippen LogP contribution in [-0.4, -0.2) is 35.9 Å². The molecule has 1 heterocycles. The molecular weight excluding hydrogens is 196 g/mol. The highest BCUT2D eigenvalue weighted by Crippen LogP contribution is 2.15. The third kappa shape index (κ3) is 3.11. The van der Waals surface area contributed by atoms with Gasteiger partial charge in [0.05, 0.1) is 27.0 Å². The van der Waals surface area contributed by atoms with E-state index in [0.29, 0.717) is 17.9 Å². The number of nitrogens with zero attached hydrogens (tertiary/aromatic N) is 2. The zero-order valence-electron chi connectivity index (χ0n) is 8.65. The minimum absolute atomic E-state index is 0.0341. The predicted octanol–water partition coefficient (Wildman–Crippen LogP) is 0.228. The van der Waals surface area contributed by atoms with Crippen LogP contribution in [0.3, 0.4) is 0 Å². The lowest BCUT2D eigenvalue weighted by Gasteiger charge is -2.02. The molecule has 5 nitrogen and oxygen atoms in total. The van der Waals surface area contributed by atoms with Gasteiger partial charge in [0.2, 0.25) is 5.88 Å². The van der Waals surface area contributed by atoms with E-state index in [-0.39, 0.29) is 12.6 Å². The molecule has 0 atom stereocenters. The molecule has 0 aliphatic carbocycles. The fraction of sp³-hybridized carbons (Fsp3) is 0.400. The van der Waals surface area contributed by atoms with Crippen LogP contribution < -0.4 is 9.47 Å². The minimum atomic E-state index is 0.0341. The van der Waals surface area contributed by atoms with Crippen LogP contribution in [0, 0.1) is 11.8 Å². The maximum absolute atomic E-state index is 8.57. The fourth-order valence-electron chi connectivity index (χ4n) is 0.904. The molecule has 0 amide bonds. The Morgan fingerprint density at radius 2 is 2.20 bits per heavy atom. The highest BCUT2D eigenvalue weighted by molar-refractivity contribution is 5.40. The zero-order chi connectivity index (χ0) is 11.1. The maximum Gasteiger partial charge on any atom is 0.319 e. The van der Waals surface area contributed by atoms with Crippen LogP contribution in [0.4, 0.5) is 0 Å². The van der Waals surface area contributed by atoms with Gasteiger partial charge in [0.15, 0.2) is 0 Å². The first-order valence-corrected chi connectivity index (χ1v) is 4.36. The predicted molar refractivity (Wildman–Crippen MR) is 53.7 cm³/mol. The summed E-state index contributed by atoms with van der Waals surface area (Å²) in [5.41, 5.74) is 0.576. The Balaban J connectivity index is 2.93. The summed E-state index contributed by atoms with van der Waals surface area (Å²) in [6.07, 6.45) is 1.93. The van der Waals surface area contributed by atoms with Crippen LogP contribution in [0.15, 0.2) is 6.20 Å². The standard InChI is InChI=1S/C10H12N2O3/c1-14-9-8(5-3-4-6-13)7-11-10(12-9)15-2/h7,13H,4,6H2,1-2H3. The zero-order valence-corrected chi connectivity index (χ0v) is 8.65. The minimum Gasteiger partial charge on any atom is -0.480 e. The monoisotopic (exact) mass is 208 g/mol. The average Bonchev–Trinajstić information content (AvgIpc) is 2.29. The number of hydrogen-bond acceptors (Lipinski definition) is 5. The normalized spacial score (nSPS) is 9.00. The molecule has 80 valence electrons. The molecule has 0 spiro atoms. The van der Waals surface area contributed by atoms with Gasteiger partial charge in [-0.25, -0.2) is 4.98 Å². The van der Waals surface area contributed by atoms with Gasteiger partial charge in [0, 0.05) is 6.42 Å². The molecule has 0 aromatic carbocycles. The van der Waals surface area contributed by atoms with Gasteiger partial charge in [-0.05, 0) is 0 Å². The molecular formula is C10H12N2O3. The quantitative estimate of drug-likeness (QED) is 0.720. The van der Waals surface area contributed by atoms with Crippen molar-refractivity contribution in [2.24, 2.45) is 0 Å². The van der Waals surface area contributed by atoms with Crippen LogP contribution in [0.25, 0.3) is 0 Å². The van der Waals surface area contributed by atoms with Crippen molar-refractivity contribution in [3.05, 3.63) is 11.8 Å². The van der Waals surface area contributed by atoms with Crippen LogP contribution in [0.5, 0.6) is 11.9 Å². The second-order valence-corrected chi connectivity index (χ2v) is 2.56. The number of aliphatic hydroxyl groups is 1. The molecule has 0 radical (unpaired) electrons. The molecule has 1 aromatic heterocycles. The molecule has 0 aliphatic rings. The van der Waals surface area contributed by atoms with E-state index < -0.39 is 0 Å². The van der Waals surface area contributed by atoms with E-state index in [0.717, 1.165) is 0 Å². The number of rotatable bonds is 3. The Labute approximate surface area is 88.1 Å². The van der Waals surface area contributed by atoms with Crippen molar-refractivity contribution in [3.8, 4) is 23.7 Å². The molecule has 1 aromatic rings. The highest BCUT2D eigenvalue weighted by atomic mass is 16.5. The van der Waals surface area contributed by atoms with Crippen LogP contribution in [0.2, 0.25) is 0 Å². The van der Waals surface area contributed by atoms with Crippen molar-refractivity contribution in [2.45, 2.75) is 6.42 Å². The number of methoxy groups -OCH3 is 2. The lowest BCUT2D eigenvalue weighted by atomic mass is 10.3. The topological polar surface area (TPSA) is 64.5 Å². The first kappa shape index (κ1) is 11.3. The fourth-order valence-corrected chi connectivity index (χ4v) is 0.904. The molecule has 5 heteroatoms. The summed E-state index contributed by atoms with van der Waals surface area (Å²) in [4.78, 5) is 7.87. The maximum atomic E-state index is 8.57. The Hall–Kier alpha value is -1.80. The second-order valence-electron chi connectivity index (χ2n) is 2.56. The highest BCUT2D eigenvalue weighted by Gasteiger charge is 2.04. The Morgan fingerprint density at radius 1 is 1.40 bits per heavy atom. The summed E-state index contributed by atoms with van der Waals surface area (Å²) in [6, 6.07) is 0.236. The van der Waals surface area contributed by atoms with Crippen LogP contribution in [0.1, 0.15) is 12.0 Å². The van der Waals surface area contributed by atoms with Crippen molar-refractivity contribution < 1.29 is 14.6 Å². The SMILES string of the molecule is COc1ncc(C#CCCO)c(OC)n1. The van der Waals surface area contributed by atoms with E-state index in [9.17, 15) is 0 Å². The van der Waals surface area contributed by atoms with Crippen LogP contribution >= 0.6 is 0 Å². The molecule has 0 fully saturated rings. The Kier molecular flexibility index (Phi) is 4.38. The average molecular weight is 208 g/mol. The van der Waals surface area contributed by atoms with Gasteiger partial charge in [-0.15, -0.1) is 0 Å². The molecule has 1 rings (SSSR count). The molecule has 0 bridgehead atoms. The van der Waals surface area contributed by atoms with E-state index in [1.54, 1.807) is 0 Å².